The summed E-state index contributed by atoms with van der Waals surface area (Å²) in [5, 5.41) is 3.68. The van der Waals surface area contributed by atoms with Gasteiger partial charge in [0, 0.05) is 11.7 Å². The SMILES string of the molecule is Cc1ccc(NC(C)C2CCCC2)c(C)c1. The highest BCUT2D eigenvalue weighted by Gasteiger charge is 2.21. The fourth-order valence-electron chi connectivity index (χ4n) is 2.80. The van der Waals surface area contributed by atoms with Crippen molar-refractivity contribution in [3.63, 3.8) is 0 Å². The predicted molar refractivity (Wildman–Crippen MR) is 71.0 cm³/mol. The van der Waals surface area contributed by atoms with Gasteiger partial charge in [-0.3, -0.25) is 0 Å². The van der Waals surface area contributed by atoms with E-state index in [-0.39, 0.29) is 0 Å². The van der Waals surface area contributed by atoms with Crippen molar-refractivity contribution in [2.75, 3.05) is 5.32 Å². The first kappa shape index (κ1) is 11.5. The van der Waals surface area contributed by atoms with Crippen LogP contribution in [0.5, 0.6) is 0 Å². The molecule has 1 fully saturated rings. The molecular weight excluding hydrogens is 194 g/mol. The average molecular weight is 217 g/mol. The lowest BCUT2D eigenvalue weighted by atomic mass is 9.99. The largest absolute Gasteiger partial charge is 0.382 e. The quantitative estimate of drug-likeness (QED) is 0.796. The lowest BCUT2D eigenvalue weighted by Crippen LogP contribution is -2.24. The van der Waals surface area contributed by atoms with Gasteiger partial charge in [0.15, 0.2) is 0 Å². The summed E-state index contributed by atoms with van der Waals surface area (Å²) in [4.78, 5) is 0. The van der Waals surface area contributed by atoms with Crippen molar-refractivity contribution in [1.29, 1.82) is 0 Å². The van der Waals surface area contributed by atoms with Gasteiger partial charge in [0.1, 0.15) is 0 Å². The third-order valence-corrected chi connectivity index (χ3v) is 3.87. The Balaban J connectivity index is 2.02. The minimum absolute atomic E-state index is 0.615. The van der Waals surface area contributed by atoms with Crippen molar-refractivity contribution in [1.82, 2.24) is 0 Å². The normalized spacial score (nSPS) is 18.7. The molecule has 0 aliphatic heterocycles. The molecule has 0 aromatic heterocycles. The minimum Gasteiger partial charge on any atom is -0.382 e. The van der Waals surface area contributed by atoms with Crippen LogP contribution in [-0.2, 0) is 0 Å². The summed E-state index contributed by atoms with van der Waals surface area (Å²) in [6.07, 6.45) is 5.64. The number of anilines is 1. The fourth-order valence-corrected chi connectivity index (χ4v) is 2.80. The molecule has 1 aromatic rings. The zero-order valence-corrected chi connectivity index (χ0v) is 10.7. The number of nitrogens with one attached hydrogen (secondary N) is 1. The standard InChI is InChI=1S/C15H23N/c1-11-8-9-15(12(2)10-11)16-13(3)14-6-4-5-7-14/h8-10,13-14,16H,4-7H2,1-3H3. The van der Waals surface area contributed by atoms with E-state index in [4.69, 9.17) is 0 Å². The van der Waals surface area contributed by atoms with Gasteiger partial charge in [-0.2, -0.15) is 0 Å². The predicted octanol–water partition coefficient (Wildman–Crippen LogP) is 4.29. The third-order valence-electron chi connectivity index (χ3n) is 3.87. The molecule has 2 rings (SSSR count). The summed E-state index contributed by atoms with van der Waals surface area (Å²) in [6.45, 7) is 6.67. The molecule has 0 heterocycles. The smallest absolute Gasteiger partial charge is 0.0372 e. The van der Waals surface area contributed by atoms with E-state index in [0.29, 0.717) is 6.04 Å². The second-order valence-electron chi connectivity index (χ2n) is 5.30. The van der Waals surface area contributed by atoms with Crippen LogP contribution in [-0.4, -0.2) is 6.04 Å². The molecule has 1 unspecified atom stereocenters. The zero-order chi connectivity index (χ0) is 11.5. The van der Waals surface area contributed by atoms with Crippen molar-refractivity contribution in [3.05, 3.63) is 29.3 Å². The van der Waals surface area contributed by atoms with E-state index in [1.807, 2.05) is 0 Å². The number of hydrogen-bond acceptors (Lipinski definition) is 1. The molecule has 0 saturated heterocycles. The Labute approximate surface area is 99.3 Å². The Bertz CT molecular complexity index is 350. The van der Waals surface area contributed by atoms with E-state index < -0.39 is 0 Å². The van der Waals surface area contributed by atoms with Crippen LogP contribution in [0.4, 0.5) is 5.69 Å². The van der Waals surface area contributed by atoms with Crippen LogP contribution in [0.3, 0.4) is 0 Å². The summed E-state index contributed by atoms with van der Waals surface area (Å²) in [5.41, 5.74) is 4.02. The van der Waals surface area contributed by atoms with E-state index in [2.05, 4.69) is 44.3 Å². The van der Waals surface area contributed by atoms with Gasteiger partial charge in [-0.05, 0) is 51.2 Å². The summed E-state index contributed by atoms with van der Waals surface area (Å²) in [6, 6.07) is 7.28. The van der Waals surface area contributed by atoms with Crippen LogP contribution >= 0.6 is 0 Å². The molecule has 0 radical (unpaired) electrons. The number of rotatable bonds is 3. The maximum Gasteiger partial charge on any atom is 0.0372 e. The van der Waals surface area contributed by atoms with Gasteiger partial charge < -0.3 is 5.32 Å². The Hall–Kier alpha value is -0.980. The van der Waals surface area contributed by atoms with Gasteiger partial charge in [-0.25, -0.2) is 0 Å². The summed E-state index contributed by atoms with van der Waals surface area (Å²) in [5.74, 6) is 0.876. The molecule has 0 amide bonds. The van der Waals surface area contributed by atoms with E-state index in [1.165, 1.54) is 42.5 Å². The van der Waals surface area contributed by atoms with Crippen LogP contribution in [0.1, 0.15) is 43.7 Å². The first-order valence-corrected chi connectivity index (χ1v) is 6.50. The molecule has 16 heavy (non-hydrogen) atoms. The maximum absolute atomic E-state index is 3.68. The van der Waals surface area contributed by atoms with Gasteiger partial charge in [-0.1, -0.05) is 30.5 Å². The molecule has 0 spiro atoms. The topological polar surface area (TPSA) is 12.0 Å². The Morgan fingerprint density at radius 3 is 2.50 bits per heavy atom. The van der Waals surface area contributed by atoms with E-state index in [1.54, 1.807) is 0 Å². The molecule has 1 aromatic carbocycles. The second kappa shape index (κ2) is 4.90. The lowest BCUT2D eigenvalue weighted by Gasteiger charge is -2.22. The van der Waals surface area contributed by atoms with Crippen LogP contribution in [0, 0.1) is 19.8 Å². The van der Waals surface area contributed by atoms with Gasteiger partial charge in [-0.15, -0.1) is 0 Å². The van der Waals surface area contributed by atoms with Crippen molar-refractivity contribution >= 4 is 5.69 Å². The molecule has 1 N–H and O–H groups in total. The number of hydrogen-bond donors (Lipinski definition) is 1. The third kappa shape index (κ3) is 2.58. The Morgan fingerprint density at radius 2 is 1.88 bits per heavy atom. The van der Waals surface area contributed by atoms with Gasteiger partial charge in [0.25, 0.3) is 0 Å². The highest BCUT2D eigenvalue weighted by Crippen LogP contribution is 2.29. The zero-order valence-electron chi connectivity index (χ0n) is 10.7. The summed E-state index contributed by atoms with van der Waals surface area (Å²) in [7, 11) is 0. The summed E-state index contributed by atoms with van der Waals surface area (Å²) >= 11 is 0. The van der Waals surface area contributed by atoms with Crippen LogP contribution < -0.4 is 5.32 Å². The first-order valence-electron chi connectivity index (χ1n) is 6.50. The second-order valence-corrected chi connectivity index (χ2v) is 5.30. The minimum atomic E-state index is 0.615. The molecule has 1 aliphatic carbocycles. The van der Waals surface area contributed by atoms with Gasteiger partial charge >= 0.3 is 0 Å². The van der Waals surface area contributed by atoms with E-state index >= 15 is 0 Å². The average Bonchev–Trinajstić information content (AvgIpc) is 2.75. The van der Waals surface area contributed by atoms with Crippen molar-refractivity contribution in [2.24, 2.45) is 5.92 Å². The van der Waals surface area contributed by atoms with Gasteiger partial charge in [0.2, 0.25) is 0 Å². The van der Waals surface area contributed by atoms with E-state index in [9.17, 15) is 0 Å². The number of aryl methyl sites for hydroxylation is 2. The Morgan fingerprint density at radius 1 is 1.19 bits per heavy atom. The van der Waals surface area contributed by atoms with Gasteiger partial charge in [0.05, 0.1) is 0 Å². The molecular formula is C15H23N. The highest BCUT2D eigenvalue weighted by atomic mass is 14.9. The van der Waals surface area contributed by atoms with Crippen LogP contribution in [0.25, 0.3) is 0 Å². The number of benzene rings is 1. The van der Waals surface area contributed by atoms with Crippen LogP contribution in [0.2, 0.25) is 0 Å². The molecule has 0 bridgehead atoms. The van der Waals surface area contributed by atoms with Crippen molar-refractivity contribution < 1.29 is 0 Å². The molecule has 1 atom stereocenters. The molecule has 1 nitrogen and oxygen atoms in total. The highest BCUT2D eigenvalue weighted by molar-refractivity contribution is 5.52. The maximum atomic E-state index is 3.68. The molecule has 1 heteroatoms. The molecule has 88 valence electrons. The lowest BCUT2D eigenvalue weighted by molar-refractivity contribution is 0.482. The molecule has 1 saturated carbocycles. The van der Waals surface area contributed by atoms with Crippen molar-refractivity contribution in [2.45, 2.75) is 52.5 Å². The fraction of sp³-hybridized carbons (Fsp3) is 0.600. The molecule has 1 aliphatic rings. The van der Waals surface area contributed by atoms with E-state index in [0.717, 1.165) is 5.92 Å². The summed E-state index contributed by atoms with van der Waals surface area (Å²) < 4.78 is 0. The van der Waals surface area contributed by atoms with Crippen molar-refractivity contribution in [3.8, 4) is 0 Å². The Kier molecular flexibility index (Phi) is 3.52. The van der Waals surface area contributed by atoms with Crippen LogP contribution in [0.15, 0.2) is 18.2 Å². The monoisotopic (exact) mass is 217 g/mol. The first-order chi connectivity index (χ1) is 7.66.